The molecular weight excluding hydrogens is 622 g/mol. The van der Waals surface area contributed by atoms with Gasteiger partial charge < -0.3 is 4.74 Å². The topological polar surface area (TPSA) is 33.0 Å². The maximum Gasteiger partial charge on any atom is 0.0991 e. The van der Waals surface area contributed by atoms with E-state index >= 15 is 0 Å². The van der Waals surface area contributed by atoms with Gasteiger partial charge in [-0.1, -0.05) is 98.6 Å². The lowest BCUT2D eigenvalue weighted by atomic mass is 9.89. The quantitative estimate of drug-likeness (QED) is 0.115. The summed E-state index contributed by atoms with van der Waals surface area (Å²) in [6.07, 6.45) is 4.45. The van der Waals surface area contributed by atoms with Crippen molar-refractivity contribution in [3.63, 3.8) is 0 Å². The minimum absolute atomic E-state index is 0.0846. The first kappa shape index (κ1) is 26.7. The lowest BCUT2D eigenvalue weighted by molar-refractivity contribution is 0.0423. The van der Waals surface area contributed by atoms with Crippen molar-refractivity contribution in [3.05, 3.63) is 140 Å². The lowest BCUT2D eigenvalue weighted by Gasteiger charge is -2.20. The number of benzene rings is 6. The number of ether oxygens (including phenoxy) is 1. The van der Waals surface area contributed by atoms with Crippen LogP contribution in [-0.4, -0.2) is 0 Å². The summed E-state index contributed by atoms with van der Waals surface area (Å²) in [4.78, 5) is 0. The van der Waals surface area contributed by atoms with Crippen LogP contribution in [0.2, 0.25) is 0 Å². The van der Waals surface area contributed by atoms with E-state index < -0.39 is 0 Å². The third-order valence-electron chi connectivity index (χ3n) is 7.69. The first-order valence-electron chi connectivity index (χ1n) is 13.4. The summed E-state index contributed by atoms with van der Waals surface area (Å²) in [5, 5.41) is 16.8. The Bertz CT molecular complexity index is 1860. The van der Waals surface area contributed by atoms with Crippen LogP contribution in [0.5, 0.6) is 0 Å². The summed E-state index contributed by atoms with van der Waals surface area (Å²) >= 11 is 7.22. The number of aryl methyl sites for hydroxylation is 2. The number of hydrogen-bond donors (Lipinski definition) is 0. The Morgan fingerprint density at radius 1 is 0.750 bits per heavy atom. The standard InChI is InChI=1S/C36H27Br2NO/c1-2-3-34(29-18-30(37)20-31(38)19-29)40-22-28-15-14-27-13-12-26-11-10-25(32-16-17-33(28)36(27)35(26)32)9-8-23-4-6-24(21-39)7-5-23/h2,4-7,10-20,34H,1,3,8-9,22H2. The van der Waals surface area contributed by atoms with Crippen LogP contribution < -0.4 is 0 Å². The Kier molecular flexibility index (Phi) is 7.71. The predicted octanol–water partition coefficient (Wildman–Crippen LogP) is 10.6. The van der Waals surface area contributed by atoms with Gasteiger partial charge in [-0.15, -0.1) is 6.58 Å². The molecule has 196 valence electrons. The molecule has 0 saturated heterocycles. The van der Waals surface area contributed by atoms with Crippen molar-refractivity contribution < 1.29 is 4.74 Å². The van der Waals surface area contributed by atoms with Crippen LogP contribution in [0.25, 0.3) is 32.3 Å². The summed E-state index contributed by atoms with van der Waals surface area (Å²) < 4.78 is 8.59. The van der Waals surface area contributed by atoms with Crippen LogP contribution >= 0.6 is 31.9 Å². The SMILES string of the molecule is C=CCC(OCc1ccc2ccc3ccc(CCc4ccc(C#N)cc4)c4ccc1c2c34)c1cc(Br)cc(Br)c1. The number of rotatable bonds is 9. The molecule has 0 amide bonds. The van der Waals surface area contributed by atoms with Crippen molar-refractivity contribution in [2.45, 2.75) is 32.0 Å². The van der Waals surface area contributed by atoms with Crippen LogP contribution in [0.3, 0.4) is 0 Å². The molecule has 1 atom stereocenters. The molecule has 0 spiro atoms. The van der Waals surface area contributed by atoms with Crippen molar-refractivity contribution in [1.82, 2.24) is 0 Å². The van der Waals surface area contributed by atoms with Gasteiger partial charge in [-0.25, -0.2) is 0 Å². The molecule has 1 unspecified atom stereocenters. The zero-order valence-corrected chi connectivity index (χ0v) is 25.1. The van der Waals surface area contributed by atoms with Gasteiger partial charge >= 0.3 is 0 Å². The average molecular weight is 649 g/mol. The summed E-state index contributed by atoms with van der Waals surface area (Å²) in [5.41, 5.74) is 5.60. The second-order valence-corrected chi connectivity index (χ2v) is 12.0. The van der Waals surface area contributed by atoms with E-state index in [2.05, 4.69) is 117 Å². The van der Waals surface area contributed by atoms with Gasteiger partial charge in [-0.2, -0.15) is 5.26 Å². The van der Waals surface area contributed by atoms with E-state index in [0.29, 0.717) is 12.2 Å². The van der Waals surface area contributed by atoms with E-state index in [0.717, 1.165) is 33.8 Å². The van der Waals surface area contributed by atoms with Gasteiger partial charge in [0, 0.05) is 8.95 Å². The molecule has 0 aliphatic rings. The van der Waals surface area contributed by atoms with Crippen molar-refractivity contribution in [3.8, 4) is 6.07 Å². The van der Waals surface area contributed by atoms with Crippen LogP contribution in [0.4, 0.5) is 0 Å². The molecule has 0 radical (unpaired) electrons. The molecule has 0 aromatic heterocycles. The molecular formula is C36H27Br2NO. The number of hydrogen-bond acceptors (Lipinski definition) is 2. The lowest BCUT2D eigenvalue weighted by Crippen LogP contribution is -2.05. The van der Waals surface area contributed by atoms with Crippen LogP contribution in [0.1, 0.15) is 40.3 Å². The van der Waals surface area contributed by atoms with E-state index in [-0.39, 0.29) is 6.10 Å². The highest BCUT2D eigenvalue weighted by Crippen LogP contribution is 2.38. The molecule has 0 N–H and O–H groups in total. The highest BCUT2D eigenvalue weighted by Gasteiger charge is 2.16. The second-order valence-electron chi connectivity index (χ2n) is 10.2. The molecule has 2 nitrogen and oxygen atoms in total. The summed E-state index contributed by atoms with van der Waals surface area (Å²) in [5.74, 6) is 0. The summed E-state index contributed by atoms with van der Waals surface area (Å²) in [6.45, 7) is 4.48. The van der Waals surface area contributed by atoms with Crippen molar-refractivity contribution >= 4 is 64.2 Å². The smallest absolute Gasteiger partial charge is 0.0991 e. The van der Waals surface area contributed by atoms with E-state index in [4.69, 9.17) is 10.00 Å². The molecule has 0 saturated carbocycles. The van der Waals surface area contributed by atoms with Gasteiger partial charge in [0.1, 0.15) is 0 Å². The molecule has 6 aromatic carbocycles. The Morgan fingerprint density at radius 2 is 1.35 bits per heavy atom. The van der Waals surface area contributed by atoms with Crippen LogP contribution in [0.15, 0.2) is 113 Å². The van der Waals surface area contributed by atoms with E-state index in [1.165, 1.54) is 49.0 Å². The predicted molar refractivity (Wildman–Crippen MR) is 173 cm³/mol. The number of halogens is 2. The minimum Gasteiger partial charge on any atom is -0.369 e. The Balaban J connectivity index is 1.34. The third kappa shape index (κ3) is 5.30. The third-order valence-corrected chi connectivity index (χ3v) is 8.60. The van der Waals surface area contributed by atoms with E-state index in [9.17, 15) is 0 Å². The summed E-state index contributed by atoms with van der Waals surface area (Å²) in [7, 11) is 0. The van der Waals surface area contributed by atoms with Crippen LogP contribution in [-0.2, 0) is 24.2 Å². The van der Waals surface area contributed by atoms with Gasteiger partial charge in [-0.3, -0.25) is 0 Å². The first-order chi connectivity index (χ1) is 19.5. The number of nitrogens with zero attached hydrogens (tertiary/aromatic N) is 1. The number of nitriles is 1. The normalized spacial score (nSPS) is 12.2. The zero-order valence-electron chi connectivity index (χ0n) is 22.0. The van der Waals surface area contributed by atoms with Crippen molar-refractivity contribution in [2.24, 2.45) is 0 Å². The fraction of sp³-hybridized carbons (Fsp3) is 0.139. The second kappa shape index (κ2) is 11.6. The van der Waals surface area contributed by atoms with Crippen LogP contribution in [0, 0.1) is 11.3 Å². The Morgan fingerprint density at radius 3 is 1.98 bits per heavy atom. The average Bonchev–Trinajstić information content (AvgIpc) is 2.97. The largest absolute Gasteiger partial charge is 0.369 e. The highest BCUT2D eigenvalue weighted by atomic mass is 79.9. The molecule has 4 heteroatoms. The maximum atomic E-state index is 9.10. The molecule has 6 rings (SSSR count). The van der Waals surface area contributed by atoms with Gasteiger partial charge in [0.25, 0.3) is 0 Å². The molecule has 40 heavy (non-hydrogen) atoms. The molecule has 0 heterocycles. The van der Waals surface area contributed by atoms with E-state index in [1.54, 1.807) is 0 Å². The molecule has 0 fully saturated rings. The molecule has 0 bridgehead atoms. The molecule has 0 aliphatic heterocycles. The van der Waals surface area contributed by atoms with Gasteiger partial charge in [0.05, 0.1) is 24.3 Å². The minimum atomic E-state index is -0.0846. The van der Waals surface area contributed by atoms with Gasteiger partial charge in [-0.05, 0) is 104 Å². The Labute approximate surface area is 251 Å². The monoisotopic (exact) mass is 647 g/mol. The summed E-state index contributed by atoms with van der Waals surface area (Å²) in [6, 6.07) is 34.4. The van der Waals surface area contributed by atoms with Crippen molar-refractivity contribution in [1.29, 1.82) is 5.26 Å². The Hall–Kier alpha value is -3.49. The van der Waals surface area contributed by atoms with Gasteiger partial charge in [0.2, 0.25) is 0 Å². The van der Waals surface area contributed by atoms with E-state index in [1.807, 2.05) is 24.3 Å². The maximum absolute atomic E-state index is 9.10. The fourth-order valence-electron chi connectivity index (χ4n) is 5.69. The first-order valence-corrected chi connectivity index (χ1v) is 15.0. The van der Waals surface area contributed by atoms with Gasteiger partial charge in [0.15, 0.2) is 0 Å². The molecule has 6 aromatic rings. The zero-order chi connectivity index (χ0) is 27.6. The fourth-order valence-corrected chi connectivity index (χ4v) is 7.02. The van der Waals surface area contributed by atoms with Crippen molar-refractivity contribution in [2.75, 3.05) is 0 Å². The highest BCUT2D eigenvalue weighted by molar-refractivity contribution is 9.11. The molecule has 0 aliphatic carbocycles.